The van der Waals surface area contributed by atoms with Crippen molar-refractivity contribution in [3.63, 3.8) is 0 Å². The molecule has 0 bridgehead atoms. The van der Waals surface area contributed by atoms with E-state index in [1.165, 1.54) is 23.5 Å². The van der Waals surface area contributed by atoms with Gasteiger partial charge in [-0.1, -0.05) is 23.7 Å². The van der Waals surface area contributed by atoms with Crippen LogP contribution in [0.3, 0.4) is 0 Å². The molecule has 1 aromatic carbocycles. The smallest absolute Gasteiger partial charge is 0.258 e. The van der Waals surface area contributed by atoms with Gasteiger partial charge in [0, 0.05) is 17.9 Å². The maximum absolute atomic E-state index is 13.3. The Morgan fingerprint density at radius 3 is 2.77 bits per heavy atom. The van der Waals surface area contributed by atoms with Gasteiger partial charge in [-0.15, -0.1) is 21.5 Å². The lowest BCUT2D eigenvalue weighted by Crippen LogP contribution is -2.27. The molecule has 0 saturated heterocycles. The van der Waals surface area contributed by atoms with E-state index in [1.807, 2.05) is 42.0 Å². The molecule has 0 atom stereocenters. The van der Waals surface area contributed by atoms with E-state index < -0.39 is 5.82 Å². The van der Waals surface area contributed by atoms with Crippen LogP contribution in [0, 0.1) is 19.7 Å². The van der Waals surface area contributed by atoms with E-state index in [4.69, 9.17) is 16.0 Å². The highest BCUT2D eigenvalue weighted by Crippen LogP contribution is 2.30. The fraction of sp³-hybridized carbons (Fsp3) is 0.190. The molecule has 9 heteroatoms. The number of thiophene rings is 1. The summed E-state index contributed by atoms with van der Waals surface area (Å²) in [5, 5.41) is 13.1. The Balaban J connectivity index is 1.47. The summed E-state index contributed by atoms with van der Waals surface area (Å²) in [5.41, 5.74) is 3.27. The van der Waals surface area contributed by atoms with Crippen molar-refractivity contribution in [2.45, 2.75) is 26.9 Å². The van der Waals surface area contributed by atoms with Crippen LogP contribution in [-0.2, 0) is 17.9 Å². The van der Waals surface area contributed by atoms with Crippen molar-refractivity contribution in [2.24, 2.45) is 0 Å². The summed E-state index contributed by atoms with van der Waals surface area (Å²) in [6, 6.07) is 10.1. The molecule has 0 aliphatic rings. The lowest BCUT2D eigenvalue weighted by Gasteiger charge is -2.10. The number of aromatic nitrogens is 3. The summed E-state index contributed by atoms with van der Waals surface area (Å²) in [4.78, 5) is 13.4. The SMILES string of the molecule is Cc1cc(-c2nnc(-c3cccs3)o2)c(C)n1CC(=O)NCc1ccc(F)c(Cl)c1. The molecule has 0 saturated carbocycles. The minimum atomic E-state index is -0.485. The fourth-order valence-corrected chi connectivity index (χ4v) is 3.99. The van der Waals surface area contributed by atoms with Gasteiger partial charge in [-0.25, -0.2) is 4.39 Å². The van der Waals surface area contributed by atoms with Gasteiger partial charge in [0.05, 0.1) is 15.5 Å². The topological polar surface area (TPSA) is 73.0 Å². The molecule has 0 aliphatic heterocycles. The number of rotatable bonds is 6. The maximum atomic E-state index is 13.3. The van der Waals surface area contributed by atoms with Crippen LogP contribution in [0.1, 0.15) is 17.0 Å². The van der Waals surface area contributed by atoms with E-state index in [9.17, 15) is 9.18 Å². The second-order valence-electron chi connectivity index (χ2n) is 6.79. The largest absolute Gasteiger partial charge is 0.415 e. The monoisotopic (exact) mass is 444 g/mol. The molecule has 4 rings (SSSR count). The van der Waals surface area contributed by atoms with Gasteiger partial charge in [0.2, 0.25) is 11.8 Å². The molecule has 0 fully saturated rings. The highest BCUT2D eigenvalue weighted by Gasteiger charge is 2.18. The average molecular weight is 445 g/mol. The minimum absolute atomic E-state index is 0.0324. The number of aryl methyl sites for hydroxylation is 1. The van der Waals surface area contributed by atoms with Gasteiger partial charge in [-0.05, 0) is 49.1 Å². The van der Waals surface area contributed by atoms with Crippen molar-refractivity contribution < 1.29 is 13.6 Å². The fourth-order valence-electron chi connectivity index (χ4n) is 3.14. The molecular weight excluding hydrogens is 427 g/mol. The summed E-state index contributed by atoms with van der Waals surface area (Å²) in [6.45, 7) is 4.22. The number of hydrogen-bond donors (Lipinski definition) is 1. The van der Waals surface area contributed by atoms with Crippen LogP contribution in [0.5, 0.6) is 0 Å². The molecule has 30 heavy (non-hydrogen) atoms. The highest BCUT2D eigenvalue weighted by atomic mass is 35.5. The second kappa shape index (κ2) is 8.41. The van der Waals surface area contributed by atoms with Gasteiger partial charge < -0.3 is 14.3 Å². The quantitative estimate of drug-likeness (QED) is 0.454. The number of nitrogens with zero attached hydrogens (tertiary/aromatic N) is 3. The number of carbonyl (C=O) groups is 1. The predicted octanol–water partition coefficient (Wildman–Crippen LogP) is 4.99. The second-order valence-corrected chi connectivity index (χ2v) is 8.14. The van der Waals surface area contributed by atoms with E-state index in [0.717, 1.165) is 27.4 Å². The number of hydrogen-bond acceptors (Lipinski definition) is 5. The van der Waals surface area contributed by atoms with Crippen LogP contribution in [0.2, 0.25) is 5.02 Å². The Morgan fingerprint density at radius 1 is 1.23 bits per heavy atom. The van der Waals surface area contributed by atoms with E-state index in [0.29, 0.717) is 11.8 Å². The molecule has 4 aromatic rings. The third-order valence-corrected chi connectivity index (χ3v) is 5.88. The molecule has 0 radical (unpaired) electrons. The van der Waals surface area contributed by atoms with Crippen molar-refractivity contribution in [1.82, 2.24) is 20.1 Å². The highest BCUT2D eigenvalue weighted by molar-refractivity contribution is 7.13. The zero-order valence-corrected chi connectivity index (χ0v) is 17.9. The summed E-state index contributed by atoms with van der Waals surface area (Å²) >= 11 is 7.31. The van der Waals surface area contributed by atoms with Gasteiger partial charge in [-0.3, -0.25) is 4.79 Å². The van der Waals surface area contributed by atoms with Gasteiger partial charge in [0.25, 0.3) is 5.89 Å². The minimum Gasteiger partial charge on any atom is -0.415 e. The van der Waals surface area contributed by atoms with E-state index in [1.54, 1.807) is 6.07 Å². The van der Waals surface area contributed by atoms with Crippen molar-refractivity contribution in [1.29, 1.82) is 0 Å². The summed E-state index contributed by atoms with van der Waals surface area (Å²) in [5.74, 6) is 0.231. The van der Waals surface area contributed by atoms with Crippen LogP contribution in [0.4, 0.5) is 4.39 Å². The van der Waals surface area contributed by atoms with Gasteiger partial charge >= 0.3 is 0 Å². The molecule has 3 heterocycles. The molecular formula is C21H18ClFN4O2S. The first kappa shape index (κ1) is 20.3. The number of benzene rings is 1. The number of carbonyl (C=O) groups excluding carboxylic acids is 1. The molecule has 1 N–H and O–H groups in total. The first-order valence-electron chi connectivity index (χ1n) is 9.17. The van der Waals surface area contributed by atoms with E-state index >= 15 is 0 Å². The molecule has 154 valence electrons. The number of halogens is 2. The Hall–Kier alpha value is -2.97. The van der Waals surface area contributed by atoms with Crippen LogP contribution in [0.25, 0.3) is 22.2 Å². The zero-order chi connectivity index (χ0) is 21.3. The van der Waals surface area contributed by atoms with Crippen LogP contribution >= 0.6 is 22.9 Å². The van der Waals surface area contributed by atoms with Crippen LogP contribution < -0.4 is 5.32 Å². The lowest BCUT2D eigenvalue weighted by atomic mass is 10.2. The molecule has 6 nitrogen and oxygen atoms in total. The first-order chi connectivity index (χ1) is 14.4. The average Bonchev–Trinajstić information content (AvgIpc) is 3.46. The van der Waals surface area contributed by atoms with Crippen molar-refractivity contribution in [3.05, 3.63) is 69.6 Å². The predicted molar refractivity (Wildman–Crippen MR) is 114 cm³/mol. The normalized spacial score (nSPS) is 11.1. The lowest BCUT2D eigenvalue weighted by molar-refractivity contribution is -0.121. The van der Waals surface area contributed by atoms with Crippen LogP contribution in [0.15, 0.2) is 46.2 Å². The van der Waals surface area contributed by atoms with Crippen LogP contribution in [-0.4, -0.2) is 20.7 Å². The van der Waals surface area contributed by atoms with Gasteiger partial charge in [0.1, 0.15) is 12.4 Å². The number of nitrogens with one attached hydrogen (secondary N) is 1. The van der Waals surface area contributed by atoms with Gasteiger partial charge in [-0.2, -0.15) is 0 Å². The van der Waals surface area contributed by atoms with Crippen molar-refractivity contribution in [2.75, 3.05) is 0 Å². The van der Waals surface area contributed by atoms with Gasteiger partial charge in [0.15, 0.2) is 0 Å². The standard InChI is InChI=1S/C21H18ClFN4O2S/c1-12-8-15(20-25-26-21(29-20)18-4-3-7-30-18)13(2)27(12)11-19(28)24-10-14-5-6-17(23)16(22)9-14/h3-9H,10-11H2,1-2H3,(H,24,28). The number of amides is 1. The zero-order valence-electron chi connectivity index (χ0n) is 16.3. The molecule has 0 aliphatic carbocycles. The third-order valence-electron chi connectivity index (χ3n) is 4.74. The Bertz CT molecular complexity index is 1200. The summed E-state index contributed by atoms with van der Waals surface area (Å²) < 4.78 is 21.0. The molecule has 0 unspecified atom stereocenters. The Labute approximate surface area is 181 Å². The molecule has 3 aromatic heterocycles. The maximum Gasteiger partial charge on any atom is 0.258 e. The third kappa shape index (κ3) is 4.15. The summed E-state index contributed by atoms with van der Waals surface area (Å²) in [6.07, 6.45) is 0. The van der Waals surface area contributed by atoms with Crippen molar-refractivity contribution in [3.8, 4) is 22.2 Å². The molecule has 1 amide bonds. The molecule has 0 spiro atoms. The van der Waals surface area contributed by atoms with E-state index in [-0.39, 0.29) is 24.0 Å². The Kier molecular flexibility index (Phi) is 5.69. The Morgan fingerprint density at radius 2 is 2.03 bits per heavy atom. The van der Waals surface area contributed by atoms with Crippen molar-refractivity contribution >= 4 is 28.8 Å². The summed E-state index contributed by atoms with van der Waals surface area (Å²) in [7, 11) is 0. The first-order valence-corrected chi connectivity index (χ1v) is 10.4. The van der Waals surface area contributed by atoms with E-state index in [2.05, 4.69) is 15.5 Å².